The first-order valence-corrected chi connectivity index (χ1v) is 7.63. The van der Waals surface area contributed by atoms with Crippen LogP contribution in [0.4, 0.5) is 4.79 Å². The van der Waals surface area contributed by atoms with Crippen molar-refractivity contribution >= 4 is 29.7 Å². The van der Waals surface area contributed by atoms with Crippen LogP contribution >= 0.6 is 11.8 Å². The van der Waals surface area contributed by atoms with Gasteiger partial charge in [-0.2, -0.15) is 11.8 Å². The first kappa shape index (κ1) is 16.6. The maximum atomic E-state index is 12.5. The van der Waals surface area contributed by atoms with E-state index in [2.05, 4.69) is 0 Å². The van der Waals surface area contributed by atoms with E-state index in [1.54, 1.807) is 30.5 Å². The SMILES string of the molecule is CC(C)N(CC(N)=O)C(=O)N1CCSCC1CC(=O)O. The number of primary amides is 1. The van der Waals surface area contributed by atoms with Crippen molar-refractivity contribution in [1.82, 2.24) is 9.80 Å². The fourth-order valence-electron chi connectivity index (χ4n) is 2.08. The van der Waals surface area contributed by atoms with E-state index in [0.29, 0.717) is 12.3 Å². The molecule has 0 bridgehead atoms. The fraction of sp³-hybridized carbons (Fsp3) is 0.750. The molecule has 3 N–H and O–H groups in total. The zero-order valence-corrected chi connectivity index (χ0v) is 12.6. The van der Waals surface area contributed by atoms with Gasteiger partial charge in [0.05, 0.1) is 12.5 Å². The molecule has 8 heteroatoms. The number of rotatable bonds is 5. The van der Waals surface area contributed by atoms with E-state index in [4.69, 9.17) is 10.8 Å². The normalized spacial score (nSPS) is 18.9. The Morgan fingerprint density at radius 3 is 2.60 bits per heavy atom. The third kappa shape index (κ3) is 4.59. The Morgan fingerprint density at radius 2 is 2.10 bits per heavy atom. The molecular formula is C12H21N3O4S. The fourth-order valence-corrected chi connectivity index (χ4v) is 3.14. The Labute approximate surface area is 122 Å². The monoisotopic (exact) mass is 303 g/mol. The standard InChI is InChI=1S/C12H21N3O4S/c1-8(2)15(6-10(13)16)12(19)14-3-4-20-7-9(14)5-11(17)18/h8-9H,3-7H2,1-2H3,(H2,13,16)(H,17,18). The molecule has 0 aromatic carbocycles. The molecule has 1 saturated heterocycles. The number of aliphatic carboxylic acids is 1. The molecule has 1 aliphatic rings. The van der Waals surface area contributed by atoms with Crippen molar-refractivity contribution in [2.45, 2.75) is 32.4 Å². The molecule has 0 aromatic rings. The summed E-state index contributed by atoms with van der Waals surface area (Å²) in [5.41, 5.74) is 5.16. The average Bonchev–Trinajstić information content (AvgIpc) is 2.34. The van der Waals surface area contributed by atoms with E-state index in [0.717, 1.165) is 5.75 Å². The van der Waals surface area contributed by atoms with Gasteiger partial charge in [-0.25, -0.2) is 4.79 Å². The van der Waals surface area contributed by atoms with Crippen molar-refractivity contribution in [2.24, 2.45) is 5.73 Å². The quantitative estimate of drug-likeness (QED) is 0.754. The highest BCUT2D eigenvalue weighted by molar-refractivity contribution is 7.99. The summed E-state index contributed by atoms with van der Waals surface area (Å²) in [5, 5.41) is 8.92. The van der Waals surface area contributed by atoms with Gasteiger partial charge in [0.25, 0.3) is 0 Å². The minimum absolute atomic E-state index is 0.0821. The molecule has 1 aliphatic heterocycles. The van der Waals surface area contributed by atoms with Gasteiger partial charge in [0.1, 0.15) is 6.54 Å². The van der Waals surface area contributed by atoms with Gasteiger partial charge in [0, 0.05) is 24.1 Å². The molecule has 0 aliphatic carbocycles. The molecule has 1 unspecified atom stereocenters. The summed E-state index contributed by atoms with van der Waals surface area (Å²) in [7, 11) is 0. The van der Waals surface area contributed by atoms with Gasteiger partial charge in [-0.1, -0.05) is 0 Å². The summed E-state index contributed by atoms with van der Waals surface area (Å²) in [6.07, 6.45) is -0.0821. The predicted octanol–water partition coefficient (Wildman–Crippen LogP) is 0.194. The summed E-state index contributed by atoms with van der Waals surface area (Å²) in [6.45, 7) is 3.93. The molecule has 1 fully saturated rings. The highest BCUT2D eigenvalue weighted by atomic mass is 32.2. The highest BCUT2D eigenvalue weighted by Gasteiger charge is 2.33. The number of nitrogens with zero attached hydrogens (tertiary/aromatic N) is 2. The molecule has 1 atom stereocenters. The minimum atomic E-state index is -0.929. The number of amides is 3. The molecule has 3 amide bonds. The topological polar surface area (TPSA) is 104 Å². The Bertz CT molecular complexity index is 389. The number of carbonyl (C=O) groups is 3. The van der Waals surface area contributed by atoms with Gasteiger partial charge in [-0.15, -0.1) is 0 Å². The summed E-state index contributed by atoms with van der Waals surface area (Å²) >= 11 is 1.63. The van der Waals surface area contributed by atoms with Crippen molar-refractivity contribution in [3.05, 3.63) is 0 Å². The molecule has 0 saturated carbocycles. The number of nitrogens with two attached hydrogens (primary N) is 1. The van der Waals surface area contributed by atoms with Gasteiger partial charge in [0.2, 0.25) is 5.91 Å². The highest BCUT2D eigenvalue weighted by Crippen LogP contribution is 2.21. The number of carboxylic acids is 1. The van der Waals surface area contributed by atoms with Crippen molar-refractivity contribution in [3.8, 4) is 0 Å². The van der Waals surface area contributed by atoms with Crippen molar-refractivity contribution in [1.29, 1.82) is 0 Å². The smallest absolute Gasteiger partial charge is 0.321 e. The van der Waals surface area contributed by atoms with Gasteiger partial charge in [-0.05, 0) is 13.8 Å². The van der Waals surface area contributed by atoms with Crippen LogP contribution < -0.4 is 5.73 Å². The van der Waals surface area contributed by atoms with Gasteiger partial charge in [0.15, 0.2) is 0 Å². The predicted molar refractivity (Wildman–Crippen MR) is 76.5 cm³/mol. The van der Waals surface area contributed by atoms with Crippen LogP contribution in [0.5, 0.6) is 0 Å². The number of thioether (sulfide) groups is 1. The van der Waals surface area contributed by atoms with E-state index in [9.17, 15) is 14.4 Å². The second kappa shape index (κ2) is 7.37. The Hall–Kier alpha value is -1.44. The zero-order valence-electron chi connectivity index (χ0n) is 11.7. The summed E-state index contributed by atoms with van der Waals surface area (Å²) in [4.78, 5) is 37.4. The molecule has 20 heavy (non-hydrogen) atoms. The van der Waals surface area contributed by atoms with E-state index >= 15 is 0 Å². The van der Waals surface area contributed by atoms with E-state index in [-0.39, 0.29) is 31.1 Å². The maximum absolute atomic E-state index is 12.5. The van der Waals surface area contributed by atoms with Crippen LogP contribution in [-0.4, -0.2) is 69.5 Å². The van der Waals surface area contributed by atoms with Crippen LogP contribution in [0.25, 0.3) is 0 Å². The van der Waals surface area contributed by atoms with Crippen molar-refractivity contribution < 1.29 is 19.5 Å². The molecule has 114 valence electrons. The number of carboxylic acid groups (broad SMARTS) is 1. The van der Waals surface area contributed by atoms with Crippen LogP contribution in [0.15, 0.2) is 0 Å². The van der Waals surface area contributed by atoms with Gasteiger partial charge >= 0.3 is 12.0 Å². The third-order valence-electron chi connectivity index (χ3n) is 3.08. The van der Waals surface area contributed by atoms with E-state index in [1.165, 1.54) is 4.90 Å². The van der Waals surface area contributed by atoms with E-state index in [1.807, 2.05) is 0 Å². The van der Waals surface area contributed by atoms with E-state index < -0.39 is 11.9 Å². The molecular weight excluding hydrogens is 282 g/mol. The van der Waals surface area contributed by atoms with Crippen LogP contribution in [0.1, 0.15) is 20.3 Å². The Balaban J connectivity index is 2.83. The summed E-state index contributed by atoms with van der Waals surface area (Å²) < 4.78 is 0. The second-order valence-electron chi connectivity index (χ2n) is 4.99. The Kier molecular flexibility index (Phi) is 6.12. The van der Waals surface area contributed by atoms with Crippen molar-refractivity contribution in [3.63, 3.8) is 0 Å². The number of carbonyl (C=O) groups excluding carboxylic acids is 2. The van der Waals surface area contributed by atoms with Crippen molar-refractivity contribution in [2.75, 3.05) is 24.6 Å². The summed E-state index contributed by atoms with van der Waals surface area (Å²) in [6, 6.07) is -0.826. The first-order valence-electron chi connectivity index (χ1n) is 6.48. The average molecular weight is 303 g/mol. The molecule has 7 nitrogen and oxygen atoms in total. The lowest BCUT2D eigenvalue weighted by atomic mass is 10.2. The zero-order chi connectivity index (χ0) is 15.3. The lowest BCUT2D eigenvalue weighted by Crippen LogP contribution is -2.55. The number of hydrogen-bond acceptors (Lipinski definition) is 4. The molecule has 1 heterocycles. The maximum Gasteiger partial charge on any atom is 0.321 e. The molecule has 0 spiro atoms. The van der Waals surface area contributed by atoms with Crippen LogP contribution in [-0.2, 0) is 9.59 Å². The van der Waals surface area contributed by atoms with Gasteiger partial charge < -0.3 is 20.6 Å². The first-order chi connectivity index (χ1) is 9.32. The largest absolute Gasteiger partial charge is 0.481 e. The molecule has 0 radical (unpaired) electrons. The van der Waals surface area contributed by atoms with Crippen LogP contribution in [0.2, 0.25) is 0 Å². The lowest BCUT2D eigenvalue weighted by molar-refractivity contribution is -0.138. The lowest BCUT2D eigenvalue weighted by Gasteiger charge is -2.39. The Morgan fingerprint density at radius 1 is 1.45 bits per heavy atom. The number of hydrogen-bond donors (Lipinski definition) is 2. The third-order valence-corrected chi connectivity index (χ3v) is 4.17. The summed E-state index contributed by atoms with van der Waals surface area (Å²) in [5.74, 6) is -0.139. The minimum Gasteiger partial charge on any atom is -0.481 e. The molecule has 1 rings (SSSR count). The second-order valence-corrected chi connectivity index (χ2v) is 6.14. The molecule has 0 aromatic heterocycles. The van der Waals surface area contributed by atoms with Crippen LogP contribution in [0, 0.1) is 0 Å². The van der Waals surface area contributed by atoms with Crippen LogP contribution in [0.3, 0.4) is 0 Å². The number of urea groups is 1. The van der Waals surface area contributed by atoms with Gasteiger partial charge in [-0.3, -0.25) is 9.59 Å².